The molecule has 0 bridgehead atoms. The average molecular weight is 467 g/mol. The van der Waals surface area contributed by atoms with Gasteiger partial charge in [-0.3, -0.25) is 9.59 Å². The maximum atomic E-state index is 13.6. The van der Waals surface area contributed by atoms with Gasteiger partial charge in [0, 0.05) is 6.07 Å². The first-order valence-corrected chi connectivity index (χ1v) is 11.3. The number of carboxylic acids is 1. The molecule has 1 saturated heterocycles. The molecule has 10 heteroatoms. The number of halogens is 1. The summed E-state index contributed by atoms with van der Waals surface area (Å²) >= 11 is 6.04. The van der Waals surface area contributed by atoms with E-state index in [1.54, 1.807) is 17.9 Å². The van der Waals surface area contributed by atoms with E-state index in [9.17, 15) is 19.5 Å². The number of aryl methyl sites for hydroxylation is 1. The van der Waals surface area contributed by atoms with E-state index in [-0.39, 0.29) is 36.8 Å². The van der Waals surface area contributed by atoms with E-state index >= 15 is 0 Å². The molecule has 3 rings (SSSR count). The molecule has 1 N–H and O–H groups in total. The summed E-state index contributed by atoms with van der Waals surface area (Å²) < 4.78 is 5.57. The fourth-order valence-electron chi connectivity index (χ4n) is 4.30. The first-order chi connectivity index (χ1) is 15.0. The van der Waals surface area contributed by atoms with Gasteiger partial charge >= 0.3 is 11.9 Å². The smallest absolute Gasteiger partial charge is 0.328 e. The van der Waals surface area contributed by atoms with Crippen molar-refractivity contribution < 1.29 is 24.2 Å². The number of nitrogens with zero attached hydrogens (tertiary/aromatic N) is 4. The molecule has 32 heavy (non-hydrogen) atoms. The van der Waals surface area contributed by atoms with Crippen LogP contribution in [0.5, 0.6) is 0 Å². The second kappa shape index (κ2) is 9.60. The third-order valence-corrected chi connectivity index (χ3v) is 6.29. The molecular formula is C22H31ClN4O5. The second-order valence-electron chi connectivity index (χ2n) is 9.64. The molecular weight excluding hydrogens is 436 g/mol. The molecule has 0 spiro atoms. The molecule has 2 aliphatic rings. The van der Waals surface area contributed by atoms with Gasteiger partial charge in [0.1, 0.15) is 28.9 Å². The third kappa shape index (κ3) is 5.68. The number of carboxylic acid groups (broad SMARTS) is 1. The van der Waals surface area contributed by atoms with Crippen LogP contribution in [0.1, 0.15) is 58.7 Å². The number of rotatable bonds is 6. The number of aliphatic carboxylic acids is 1. The number of ether oxygens (including phenoxy) is 1. The molecule has 1 amide bonds. The largest absolute Gasteiger partial charge is 0.480 e. The van der Waals surface area contributed by atoms with Crippen LogP contribution in [0.25, 0.3) is 0 Å². The highest BCUT2D eigenvalue weighted by molar-refractivity contribution is 6.29. The lowest BCUT2D eigenvalue weighted by Gasteiger charge is -2.33. The Kier molecular flexibility index (Phi) is 7.27. The Balaban J connectivity index is 1.80. The Labute approximate surface area is 193 Å². The number of aromatic nitrogens is 2. The lowest BCUT2D eigenvalue weighted by Crippen LogP contribution is -2.48. The molecule has 0 aromatic carbocycles. The predicted molar refractivity (Wildman–Crippen MR) is 118 cm³/mol. The molecule has 0 radical (unpaired) electrons. The van der Waals surface area contributed by atoms with Crippen molar-refractivity contribution in [3.63, 3.8) is 0 Å². The highest BCUT2D eigenvalue weighted by Gasteiger charge is 2.45. The quantitative estimate of drug-likeness (QED) is 0.502. The Hall–Kier alpha value is -2.42. The van der Waals surface area contributed by atoms with E-state index in [2.05, 4.69) is 9.97 Å². The molecule has 1 aliphatic heterocycles. The lowest BCUT2D eigenvalue weighted by atomic mass is 9.77. The number of amides is 1. The number of hydrogen-bond donors (Lipinski definition) is 1. The van der Waals surface area contributed by atoms with Crippen LogP contribution in [0.4, 0.5) is 5.82 Å². The van der Waals surface area contributed by atoms with E-state index in [4.69, 9.17) is 16.3 Å². The van der Waals surface area contributed by atoms with Gasteiger partial charge in [-0.25, -0.2) is 14.8 Å². The van der Waals surface area contributed by atoms with Crippen molar-refractivity contribution in [2.24, 2.45) is 11.3 Å². The van der Waals surface area contributed by atoms with Gasteiger partial charge in [-0.15, -0.1) is 0 Å². The van der Waals surface area contributed by atoms with E-state index < -0.39 is 29.3 Å². The summed E-state index contributed by atoms with van der Waals surface area (Å²) in [5.74, 6) is -1.71. The van der Waals surface area contributed by atoms with Gasteiger partial charge in [0.2, 0.25) is 5.91 Å². The minimum atomic E-state index is -1.11. The Morgan fingerprint density at radius 2 is 1.91 bits per heavy atom. The van der Waals surface area contributed by atoms with Gasteiger partial charge in [0.15, 0.2) is 0 Å². The lowest BCUT2D eigenvalue weighted by molar-refractivity contribution is -0.157. The zero-order chi connectivity index (χ0) is 23.6. The van der Waals surface area contributed by atoms with Gasteiger partial charge in [0.05, 0.1) is 25.6 Å². The monoisotopic (exact) mass is 466 g/mol. The van der Waals surface area contributed by atoms with Gasteiger partial charge in [-0.2, -0.15) is 0 Å². The molecule has 1 aromatic rings. The van der Waals surface area contributed by atoms with Crippen molar-refractivity contribution in [3.8, 4) is 0 Å². The number of carbonyl (C=O) groups excluding carboxylic acids is 2. The summed E-state index contributed by atoms with van der Waals surface area (Å²) in [4.78, 5) is 49.5. The van der Waals surface area contributed by atoms with E-state index in [0.29, 0.717) is 11.6 Å². The minimum absolute atomic E-state index is 0.0346. The van der Waals surface area contributed by atoms with E-state index in [1.807, 2.05) is 20.8 Å². The zero-order valence-corrected chi connectivity index (χ0v) is 19.8. The number of anilines is 1. The van der Waals surface area contributed by atoms with Gasteiger partial charge in [0.25, 0.3) is 0 Å². The molecule has 2 heterocycles. The van der Waals surface area contributed by atoms with Crippen LogP contribution in [-0.2, 0) is 19.1 Å². The van der Waals surface area contributed by atoms with Crippen LogP contribution in [0.2, 0.25) is 5.15 Å². The molecule has 9 nitrogen and oxygen atoms in total. The average Bonchev–Trinajstić information content (AvgIpc) is 3.33. The fraction of sp³-hybridized carbons (Fsp3) is 0.682. The van der Waals surface area contributed by atoms with Gasteiger partial charge in [-0.1, -0.05) is 32.4 Å². The predicted octanol–water partition coefficient (Wildman–Crippen LogP) is 3.04. The van der Waals surface area contributed by atoms with Gasteiger partial charge < -0.3 is 19.6 Å². The van der Waals surface area contributed by atoms with Crippen LogP contribution in [0, 0.1) is 18.3 Å². The first-order valence-electron chi connectivity index (χ1n) is 10.9. The van der Waals surface area contributed by atoms with Crippen LogP contribution in [0.3, 0.4) is 0 Å². The topological polar surface area (TPSA) is 113 Å². The molecule has 176 valence electrons. The normalized spacial score (nSPS) is 20.5. The second-order valence-corrected chi connectivity index (χ2v) is 10.0. The van der Waals surface area contributed by atoms with E-state index in [0.717, 1.165) is 25.7 Å². The summed E-state index contributed by atoms with van der Waals surface area (Å²) in [5, 5.41) is 10.0. The maximum Gasteiger partial charge on any atom is 0.328 e. The molecule has 2 atom stereocenters. The first kappa shape index (κ1) is 24.2. The highest BCUT2D eigenvalue weighted by atomic mass is 35.5. The Morgan fingerprint density at radius 1 is 1.25 bits per heavy atom. The van der Waals surface area contributed by atoms with Crippen LogP contribution < -0.4 is 4.90 Å². The Morgan fingerprint density at radius 3 is 2.47 bits per heavy atom. The Bertz CT molecular complexity index is 861. The van der Waals surface area contributed by atoms with Crippen LogP contribution in [0.15, 0.2) is 6.07 Å². The van der Waals surface area contributed by atoms with Crippen molar-refractivity contribution >= 4 is 35.3 Å². The third-order valence-electron chi connectivity index (χ3n) is 6.09. The summed E-state index contributed by atoms with van der Waals surface area (Å²) in [5.41, 5.74) is -0.558. The zero-order valence-electron chi connectivity index (χ0n) is 19.0. The minimum Gasteiger partial charge on any atom is -0.480 e. The van der Waals surface area contributed by atoms with E-state index in [1.165, 1.54) is 4.90 Å². The van der Waals surface area contributed by atoms with Crippen molar-refractivity contribution in [2.45, 2.75) is 71.9 Å². The standard InChI is InChI=1S/C22H31ClN4O5/c1-13-24-17(23)10-18(25-13)26-11-16(21(30)31)27(12-26)20(29)15(22(2,3)4)9-19(28)32-14-7-5-6-8-14/h10,14-16H,5-9,11-12H2,1-4H3,(H,30,31)/t15-,16+/m1/s1. The maximum absolute atomic E-state index is 13.6. The van der Waals surface area contributed by atoms with Crippen molar-refractivity contribution in [1.29, 1.82) is 0 Å². The van der Waals surface area contributed by atoms with Crippen LogP contribution in [-0.4, -0.2) is 63.2 Å². The number of hydrogen-bond acceptors (Lipinski definition) is 7. The highest BCUT2D eigenvalue weighted by Crippen LogP contribution is 2.34. The molecule has 1 saturated carbocycles. The molecule has 1 aliphatic carbocycles. The van der Waals surface area contributed by atoms with Crippen LogP contribution >= 0.6 is 11.6 Å². The van der Waals surface area contributed by atoms with Gasteiger partial charge in [-0.05, 0) is 38.0 Å². The van der Waals surface area contributed by atoms with Crippen molar-refractivity contribution in [2.75, 3.05) is 18.1 Å². The number of carbonyl (C=O) groups is 3. The van der Waals surface area contributed by atoms with Crippen molar-refractivity contribution in [1.82, 2.24) is 14.9 Å². The summed E-state index contributed by atoms with van der Waals surface area (Å²) in [6, 6.07) is 0.481. The summed E-state index contributed by atoms with van der Waals surface area (Å²) in [6.07, 6.45) is 3.61. The summed E-state index contributed by atoms with van der Waals surface area (Å²) in [7, 11) is 0. The molecule has 1 aromatic heterocycles. The number of esters is 1. The van der Waals surface area contributed by atoms with Crippen molar-refractivity contribution in [3.05, 3.63) is 17.0 Å². The molecule has 0 unspecified atom stereocenters. The summed E-state index contributed by atoms with van der Waals surface area (Å²) in [6.45, 7) is 7.40. The molecule has 2 fully saturated rings. The SMILES string of the molecule is Cc1nc(Cl)cc(N2C[C@@H](C(=O)O)N(C(=O)[C@@H](CC(=O)OC3CCCC3)C(C)(C)C)C2)n1. The fourth-order valence-corrected chi connectivity index (χ4v) is 4.52.